The fraction of sp³-hybridized carbons (Fsp3) is 0.438. The van der Waals surface area contributed by atoms with Crippen LogP contribution in [0.15, 0.2) is 30.7 Å². The van der Waals surface area contributed by atoms with Crippen molar-refractivity contribution in [1.29, 1.82) is 0 Å². The monoisotopic (exact) mass is 299 g/mol. The summed E-state index contributed by atoms with van der Waals surface area (Å²) in [6, 6.07) is 6.80. The van der Waals surface area contributed by atoms with Gasteiger partial charge in [-0.15, -0.1) is 0 Å². The summed E-state index contributed by atoms with van der Waals surface area (Å²) in [5.41, 5.74) is 2.14. The zero-order valence-corrected chi connectivity index (χ0v) is 12.5. The van der Waals surface area contributed by atoms with Gasteiger partial charge in [-0.3, -0.25) is 9.88 Å². The largest absolute Gasteiger partial charge is 0.345 e. The smallest absolute Gasteiger partial charge is 0.183 e. The highest BCUT2D eigenvalue weighted by Crippen LogP contribution is 2.37. The van der Waals surface area contributed by atoms with E-state index in [1.54, 1.807) is 0 Å². The maximum absolute atomic E-state index is 13.9. The van der Waals surface area contributed by atoms with Crippen LogP contribution >= 0.6 is 0 Å². The Morgan fingerprint density at radius 3 is 2.82 bits per heavy atom. The standard InChI is InChI=1S/C16H18FN5/c1-11-3-2-4-12(20-11)7-21-8-13-5-14(9-21)22(13)16-15(17)6-18-10-19-16/h2-4,6,10,13-14H,5,7-9H2,1H3. The second kappa shape index (κ2) is 5.28. The van der Waals surface area contributed by atoms with Gasteiger partial charge in [-0.05, 0) is 25.5 Å². The molecule has 3 saturated heterocycles. The first-order valence-corrected chi connectivity index (χ1v) is 7.59. The van der Waals surface area contributed by atoms with Crippen LogP contribution in [0.4, 0.5) is 10.2 Å². The van der Waals surface area contributed by atoms with Gasteiger partial charge in [0.25, 0.3) is 0 Å². The van der Waals surface area contributed by atoms with Crippen molar-refractivity contribution < 1.29 is 4.39 Å². The molecule has 0 amide bonds. The average molecular weight is 299 g/mol. The quantitative estimate of drug-likeness (QED) is 0.864. The highest BCUT2D eigenvalue weighted by atomic mass is 19.1. The Bertz CT molecular complexity index is 680. The predicted octanol–water partition coefficient (Wildman–Crippen LogP) is 1.78. The first-order chi connectivity index (χ1) is 10.7. The zero-order valence-electron chi connectivity index (χ0n) is 12.5. The second-order valence-electron chi connectivity index (χ2n) is 6.11. The van der Waals surface area contributed by atoms with Gasteiger partial charge in [0.15, 0.2) is 11.6 Å². The molecule has 2 aromatic rings. The van der Waals surface area contributed by atoms with E-state index in [0.29, 0.717) is 17.9 Å². The molecule has 0 radical (unpaired) electrons. The third kappa shape index (κ3) is 2.33. The van der Waals surface area contributed by atoms with Crippen molar-refractivity contribution in [2.45, 2.75) is 32.0 Å². The molecule has 2 bridgehead atoms. The summed E-state index contributed by atoms with van der Waals surface area (Å²) in [5, 5.41) is 0. The van der Waals surface area contributed by atoms with Gasteiger partial charge in [0.2, 0.25) is 0 Å². The minimum Gasteiger partial charge on any atom is -0.345 e. The Morgan fingerprint density at radius 2 is 2.09 bits per heavy atom. The van der Waals surface area contributed by atoms with E-state index in [-0.39, 0.29) is 5.82 Å². The van der Waals surface area contributed by atoms with Crippen LogP contribution in [0, 0.1) is 12.7 Å². The molecule has 0 saturated carbocycles. The van der Waals surface area contributed by atoms with Gasteiger partial charge in [0, 0.05) is 37.4 Å². The number of aromatic nitrogens is 3. The van der Waals surface area contributed by atoms with Crippen molar-refractivity contribution in [2.75, 3.05) is 18.0 Å². The summed E-state index contributed by atoms with van der Waals surface area (Å²) in [4.78, 5) is 16.9. The number of rotatable bonds is 3. The average Bonchev–Trinajstić information content (AvgIpc) is 2.49. The maximum Gasteiger partial charge on any atom is 0.183 e. The Labute approximate surface area is 128 Å². The van der Waals surface area contributed by atoms with Gasteiger partial charge in [-0.1, -0.05) is 6.07 Å². The molecular formula is C16H18FN5. The molecule has 2 unspecified atom stereocenters. The van der Waals surface area contributed by atoms with Gasteiger partial charge in [0.1, 0.15) is 6.33 Å². The summed E-state index contributed by atoms with van der Waals surface area (Å²) in [6.45, 7) is 4.72. The molecule has 5 rings (SSSR count). The van der Waals surface area contributed by atoms with Crippen LogP contribution in [-0.4, -0.2) is 45.0 Å². The van der Waals surface area contributed by atoms with Crippen LogP contribution < -0.4 is 4.90 Å². The molecule has 0 N–H and O–H groups in total. The minimum atomic E-state index is -0.328. The third-order valence-electron chi connectivity index (χ3n) is 4.49. The van der Waals surface area contributed by atoms with Crippen molar-refractivity contribution in [1.82, 2.24) is 19.9 Å². The number of hydrogen-bond acceptors (Lipinski definition) is 5. The van der Waals surface area contributed by atoms with Crippen molar-refractivity contribution in [3.8, 4) is 0 Å². The van der Waals surface area contributed by atoms with E-state index < -0.39 is 0 Å². The molecule has 0 aliphatic carbocycles. The van der Waals surface area contributed by atoms with Crippen molar-refractivity contribution in [3.63, 3.8) is 0 Å². The SMILES string of the molecule is Cc1cccc(CN2CC3CC(C2)N3c2ncncc2F)n1. The van der Waals surface area contributed by atoms with Gasteiger partial charge in [-0.25, -0.2) is 14.4 Å². The van der Waals surface area contributed by atoms with Gasteiger partial charge < -0.3 is 4.90 Å². The Hall–Kier alpha value is -2.08. The molecule has 3 fully saturated rings. The summed E-state index contributed by atoms with van der Waals surface area (Å²) in [7, 11) is 0. The molecule has 3 aliphatic rings. The van der Waals surface area contributed by atoms with E-state index in [9.17, 15) is 4.39 Å². The number of nitrogens with zero attached hydrogens (tertiary/aromatic N) is 5. The van der Waals surface area contributed by atoms with Gasteiger partial charge in [0.05, 0.1) is 11.9 Å². The predicted molar refractivity (Wildman–Crippen MR) is 80.9 cm³/mol. The number of piperidine rings is 1. The number of halogens is 1. The molecule has 3 aliphatic heterocycles. The summed E-state index contributed by atoms with van der Waals surface area (Å²) < 4.78 is 13.9. The van der Waals surface area contributed by atoms with Crippen LogP contribution in [0.5, 0.6) is 0 Å². The first kappa shape index (κ1) is 13.6. The van der Waals surface area contributed by atoms with Gasteiger partial charge >= 0.3 is 0 Å². The fourth-order valence-corrected chi connectivity index (χ4v) is 3.58. The van der Waals surface area contributed by atoms with E-state index in [1.165, 1.54) is 12.5 Å². The van der Waals surface area contributed by atoms with E-state index >= 15 is 0 Å². The fourth-order valence-electron chi connectivity index (χ4n) is 3.58. The zero-order chi connectivity index (χ0) is 15.1. The Morgan fingerprint density at radius 1 is 1.27 bits per heavy atom. The summed E-state index contributed by atoms with van der Waals surface area (Å²) >= 11 is 0. The molecule has 2 aromatic heterocycles. The summed E-state index contributed by atoms with van der Waals surface area (Å²) in [6.07, 6.45) is 3.77. The lowest BCUT2D eigenvalue weighted by Crippen LogP contribution is -2.69. The number of hydrogen-bond donors (Lipinski definition) is 0. The van der Waals surface area contributed by atoms with Crippen LogP contribution in [0.2, 0.25) is 0 Å². The van der Waals surface area contributed by atoms with Crippen LogP contribution in [0.3, 0.4) is 0 Å². The highest BCUT2D eigenvalue weighted by molar-refractivity contribution is 5.46. The lowest BCUT2D eigenvalue weighted by Gasteiger charge is -2.56. The lowest BCUT2D eigenvalue weighted by atomic mass is 9.87. The Kier molecular flexibility index (Phi) is 3.26. The number of fused-ring (bicyclic) bond motifs is 2. The van der Waals surface area contributed by atoms with Crippen LogP contribution in [0.25, 0.3) is 0 Å². The molecule has 0 aromatic carbocycles. The number of anilines is 1. The summed E-state index contributed by atoms with van der Waals surface area (Å²) in [5.74, 6) is 0.121. The first-order valence-electron chi connectivity index (χ1n) is 7.59. The number of aryl methyl sites for hydroxylation is 1. The Balaban J connectivity index is 1.45. The van der Waals surface area contributed by atoms with E-state index in [4.69, 9.17) is 0 Å². The molecule has 22 heavy (non-hydrogen) atoms. The lowest BCUT2D eigenvalue weighted by molar-refractivity contribution is 0.105. The number of pyridine rings is 1. The molecule has 5 nitrogen and oxygen atoms in total. The van der Waals surface area contributed by atoms with Crippen LogP contribution in [0.1, 0.15) is 17.8 Å². The molecular weight excluding hydrogens is 281 g/mol. The third-order valence-corrected chi connectivity index (χ3v) is 4.49. The molecule has 0 spiro atoms. The van der Waals surface area contributed by atoms with Crippen molar-refractivity contribution in [2.24, 2.45) is 0 Å². The van der Waals surface area contributed by atoms with Crippen LogP contribution in [-0.2, 0) is 6.54 Å². The highest BCUT2D eigenvalue weighted by Gasteiger charge is 2.46. The number of piperazine rings is 1. The van der Waals surface area contributed by atoms with Crippen molar-refractivity contribution in [3.05, 3.63) is 47.9 Å². The van der Waals surface area contributed by atoms with E-state index in [2.05, 4.69) is 30.8 Å². The van der Waals surface area contributed by atoms with Gasteiger partial charge in [-0.2, -0.15) is 0 Å². The van der Waals surface area contributed by atoms with Crippen molar-refractivity contribution >= 4 is 5.82 Å². The second-order valence-corrected chi connectivity index (χ2v) is 6.11. The maximum atomic E-state index is 13.9. The molecule has 2 atom stereocenters. The molecule has 5 heterocycles. The van der Waals surface area contributed by atoms with E-state index in [1.807, 2.05) is 19.1 Å². The molecule has 6 heteroatoms. The minimum absolute atomic E-state index is 0.328. The van der Waals surface area contributed by atoms with E-state index in [0.717, 1.165) is 37.4 Å². The molecule has 114 valence electrons. The normalized spacial score (nSPS) is 24.2. The topological polar surface area (TPSA) is 45.2 Å².